The molecule has 1 aliphatic heterocycles. The van der Waals surface area contributed by atoms with E-state index in [-0.39, 0.29) is 5.82 Å². The first kappa shape index (κ1) is 13.3. The van der Waals surface area contributed by atoms with Gasteiger partial charge in [-0.05, 0) is 43.8 Å². The summed E-state index contributed by atoms with van der Waals surface area (Å²) in [6.45, 7) is 4.54. The van der Waals surface area contributed by atoms with Gasteiger partial charge in [0, 0.05) is 31.4 Å². The first-order chi connectivity index (χ1) is 8.51. The van der Waals surface area contributed by atoms with Crippen molar-refractivity contribution in [2.24, 2.45) is 11.7 Å². The molecular weight excluding hydrogens is 229 g/mol. The van der Waals surface area contributed by atoms with E-state index in [4.69, 9.17) is 5.73 Å². The van der Waals surface area contributed by atoms with Gasteiger partial charge < -0.3 is 15.5 Å². The first-order valence-electron chi connectivity index (χ1n) is 6.42. The van der Waals surface area contributed by atoms with Crippen molar-refractivity contribution < 1.29 is 4.39 Å². The van der Waals surface area contributed by atoms with Crippen LogP contribution in [-0.4, -0.2) is 38.1 Å². The molecule has 0 saturated carbocycles. The lowest BCUT2D eigenvalue weighted by Gasteiger charge is -2.23. The summed E-state index contributed by atoms with van der Waals surface area (Å²) in [5, 5.41) is 0. The number of likely N-dealkylation sites (N-methyl/N-ethyl adjacent to an activating group) is 1. The monoisotopic (exact) mass is 251 g/mol. The molecule has 4 heteroatoms. The van der Waals surface area contributed by atoms with Gasteiger partial charge in [0.2, 0.25) is 0 Å². The van der Waals surface area contributed by atoms with E-state index < -0.39 is 0 Å². The molecular formula is C14H22FN3. The van der Waals surface area contributed by atoms with Gasteiger partial charge in [0.15, 0.2) is 0 Å². The Balaban J connectivity index is 2.20. The molecule has 0 aliphatic carbocycles. The highest BCUT2D eigenvalue weighted by molar-refractivity contribution is 5.50. The van der Waals surface area contributed by atoms with E-state index in [1.54, 1.807) is 6.07 Å². The van der Waals surface area contributed by atoms with Crippen molar-refractivity contribution in [1.29, 1.82) is 0 Å². The molecule has 0 bridgehead atoms. The fourth-order valence-electron chi connectivity index (χ4n) is 2.77. The number of hydrogen-bond donors (Lipinski definition) is 1. The van der Waals surface area contributed by atoms with E-state index in [9.17, 15) is 4.39 Å². The van der Waals surface area contributed by atoms with Gasteiger partial charge in [-0.1, -0.05) is 6.92 Å². The predicted octanol–water partition coefficient (Wildman–Crippen LogP) is 1.67. The van der Waals surface area contributed by atoms with Crippen molar-refractivity contribution in [2.75, 3.05) is 32.1 Å². The molecule has 100 valence electrons. The van der Waals surface area contributed by atoms with Gasteiger partial charge in [-0.25, -0.2) is 4.39 Å². The molecule has 0 amide bonds. The van der Waals surface area contributed by atoms with Crippen LogP contribution in [0.4, 0.5) is 10.1 Å². The Labute approximate surface area is 108 Å². The molecule has 1 aliphatic rings. The van der Waals surface area contributed by atoms with Crippen LogP contribution < -0.4 is 10.6 Å². The van der Waals surface area contributed by atoms with E-state index in [0.29, 0.717) is 18.5 Å². The van der Waals surface area contributed by atoms with Crippen molar-refractivity contribution in [2.45, 2.75) is 19.5 Å². The summed E-state index contributed by atoms with van der Waals surface area (Å²) < 4.78 is 13.5. The van der Waals surface area contributed by atoms with Crippen LogP contribution in [-0.2, 0) is 6.54 Å². The highest BCUT2D eigenvalue weighted by Gasteiger charge is 2.31. The van der Waals surface area contributed by atoms with Crippen molar-refractivity contribution >= 4 is 5.69 Å². The summed E-state index contributed by atoms with van der Waals surface area (Å²) in [6.07, 6.45) is 0. The minimum Gasteiger partial charge on any atom is -0.370 e. The number of hydrogen-bond acceptors (Lipinski definition) is 3. The smallest absolute Gasteiger partial charge is 0.125 e. The molecule has 2 unspecified atom stereocenters. The Bertz CT molecular complexity index is 420. The third-order valence-corrected chi connectivity index (χ3v) is 3.78. The average molecular weight is 251 g/mol. The molecule has 3 nitrogen and oxygen atoms in total. The van der Waals surface area contributed by atoms with E-state index in [1.807, 2.05) is 6.07 Å². The van der Waals surface area contributed by atoms with E-state index in [0.717, 1.165) is 24.3 Å². The number of benzene rings is 1. The third-order valence-electron chi connectivity index (χ3n) is 3.78. The van der Waals surface area contributed by atoms with Gasteiger partial charge in [0.05, 0.1) is 0 Å². The molecule has 0 radical (unpaired) electrons. The fraction of sp³-hybridized carbons (Fsp3) is 0.571. The molecule has 18 heavy (non-hydrogen) atoms. The maximum absolute atomic E-state index is 13.5. The Kier molecular flexibility index (Phi) is 3.88. The zero-order valence-corrected chi connectivity index (χ0v) is 11.4. The average Bonchev–Trinajstić information content (AvgIpc) is 2.70. The highest BCUT2D eigenvalue weighted by Crippen LogP contribution is 2.27. The molecule has 2 N–H and O–H groups in total. The summed E-state index contributed by atoms with van der Waals surface area (Å²) in [5.41, 5.74) is 7.40. The Morgan fingerprint density at radius 2 is 2.06 bits per heavy atom. The van der Waals surface area contributed by atoms with Crippen LogP contribution in [0.15, 0.2) is 18.2 Å². The number of nitrogens with zero attached hydrogens (tertiary/aromatic N) is 2. The second-order valence-corrected chi connectivity index (χ2v) is 5.44. The molecule has 1 fully saturated rings. The van der Waals surface area contributed by atoms with Crippen molar-refractivity contribution in [3.63, 3.8) is 0 Å². The topological polar surface area (TPSA) is 32.5 Å². The second kappa shape index (κ2) is 5.24. The lowest BCUT2D eigenvalue weighted by molar-refractivity contribution is 0.266. The summed E-state index contributed by atoms with van der Waals surface area (Å²) in [4.78, 5) is 4.49. The highest BCUT2D eigenvalue weighted by atomic mass is 19.1. The van der Waals surface area contributed by atoms with E-state index >= 15 is 0 Å². The van der Waals surface area contributed by atoms with Gasteiger partial charge in [-0.2, -0.15) is 0 Å². The minimum absolute atomic E-state index is 0.200. The lowest BCUT2D eigenvalue weighted by atomic mass is 10.1. The zero-order chi connectivity index (χ0) is 13.3. The summed E-state index contributed by atoms with van der Waals surface area (Å²) >= 11 is 0. The molecule has 1 aromatic rings. The molecule has 1 heterocycles. The number of rotatable bonds is 3. The SMILES string of the molecule is CC1CN(c2cc(F)cc(CN)c2)CC1N(C)C. The standard InChI is InChI=1S/C14H22FN3/c1-10-8-18(9-14(10)17(2)3)13-5-11(7-16)4-12(15)6-13/h4-6,10,14H,7-9,16H2,1-3H3. The van der Waals surface area contributed by atoms with Crippen LogP contribution in [0.5, 0.6) is 0 Å². The maximum atomic E-state index is 13.5. The largest absolute Gasteiger partial charge is 0.370 e. The third kappa shape index (κ3) is 2.65. The van der Waals surface area contributed by atoms with Gasteiger partial charge in [-0.15, -0.1) is 0 Å². The fourth-order valence-corrected chi connectivity index (χ4v) is 2.77. The van der Waals surface area contributed by atoms with Gasteiger partial charge in [0.1, 0.15) is 5.82 Å². The van der Waals surface area contributed by atoms with Gasteiger partial charge >= 0.3 is 0 Å². The summed E-state index contributed by atoms with van der Waals surface area (Å²) in [7, 11) is 4.20. The van der Waals surface area contributed by atoms with Crippen molar-refractivity contribution in [3.05, 3.63) is 29.6 Å². The molecule has 0 aromatic heterocycles. The number of halogens is 1. The Morgan fingerprint density at radius 3 is 2.61 bits per heavy atom. The Morgan fingerprint density at radius 1 is 1.33 bits per heavy atom. The van der Waals surface area contributed by atoms with Crippen molar-refractivity contribution in [1.82, 2.24) is 4.90 Å². The first-order valence-corrected chi connectivity index (χ1v) is 6.42. The number of nitrogens with two attached hydrogens (primary N) is 1. The lowest BCUT2D eigenvalue weighted by Crippen LogP contribution is -2.34. The van der Waals surface area contributed by atoms with E-state index in [2.05, 4.69) is 30.8 Å². The quantitative estimate of drug-likeness (QED) is 0.887. The van der Waals surface area contributed by atoms with E-state index in [1.165, 1.54) is 6.07 Å². The predicted molar refractivity (Wildman–Crippen MR) is 73.1 cm³/mol. The van der Waals surface area contributed by atoms with Crippen LogP contribution >= 0.6 is 0 Å². The summed E-state index contributed by atoms with van der Waals surface area (Å²) in [6, 6.07) is 5.62. The van der Waals surface area contributed by atoms with Crippen LogP contribution in [0.2, 0.25) is 0 Å². The van der Waals surface area contributed by atoms with Crippen LogP contribution in [0, 0.1) is 11.7 Å². The van der Waals surface area contributed by atoms with Crippen molar-refractivity contribution in [3.8, 4) is 0 Å². The van der Waals surface area contributed by atoms with Crippen LogP contribution in [0.1, 0.15) is 12.5 Å². The normalized spacial score (nSPS) is 24.0. The minimum atomic E-state index is -0.200. The van der Waals surface area contributed by atoms with Gasteiger partial charge in [0.25, 0.3) is 0 Å². The van der Waals surface area contributed by atoms with Crippen LogP contribution in [0.25, 0.3) is 0 Å². The zero-order valence-electron chi connectivity index (χ0n) is 11.4. The second-order valence-electron chi connectivity index (χ2n) is 5.44. The maximum Gasteiger partial charge on any atom is 0.125 e. The Hall–Kier alpha value is -1.13. The molecule has 1 aromatic carbocycles. The summed E-state index contributed by atoms with van der Waals surface area (Å²) in [5.74, 6) is 0.388. The molecule has 1 saturated heterocycles. The number of anilines is 1. The molecule has 0 spiro atoms. The molecule has 2 atom stereocenters. The molecule has 2 rings (SSSR count). The van der Waals surface area contributed by atoms with Gasteiger partial charge in [-0.3, -0.25) is 0 Å². The van der Waals surface area contributed by atoms with Crippen LogP contribution in [0.3, 0.4) is 0 Å².